The van der Waals surface area contributed by atoms with E-state index in [1.54, 1.807) is 6.07 Å². The average molecular weight is 541 g/mol. The van der Waals surface area contributed by atoms with E-state index in [0.717, 1.165) is 63.0 Å². The van der Waals surface area contributed by atoms with Gasteiger partial charge in [0.15, 0.2) is 0 Å². The Balaban J connectivity index is 1.36. The van der Waals surface area contributed by atoms with Crippen LogP contribution < -0.4 is 20.7 Å². The van der Waals surface area contributed by atoms with Gasteiger partial charge in [-0.3, -0.25) is 0 Å². The van der Waals surface area contributed by atoms with Gasteiger partial charge in [0, 0.05) is 0 Å². The van der Waals surface area contributed by atoms with Crippen LogP contribution in [0.25, 0.3) is 11.0 Å². The van der Waals surface area contributed by atoms with Gasteiger partial charge in [-0.2, -0.15) is 0 Å². The first-order chi connectivity index (χ1) is 17.7. The Hall–Kier alpha value is -2.66. The van der Waals surface area contributed by atoms with Crippen LogP contribution in [-0.4, -0.2) is 83.6 Å². The van der Waals surface area contributed by atoms with E-state index in [9.17, 15) is 18.1 Å². The summed E-state index contributed by atoms with van der Waals surface area (Å²) in [6.45, 7) is 3.33. The van der Waals surface area contributed by atoms with Gasteiger partial charge in [0.1, 0.15) is 0 Å². The normalized spacial score (nSPS) is 20.1. The van der Waals surface area contributed by atoms with Crippen molar-refractivity contribution < 1.29 is 27.5 Å². The van der Waals surface area contributed by atoms with Gasteiger partial charge in [0.25, 0.3) is 0 Å². The Morgan fingerprint density at radius 3 is 2.57 bits per heavy atom. The zero-order valence-electron chi connectivity index (χ0n) is 20.8. The van der Waals surface area contributed by atoms with Gasteiger partial charge in [0.05, 0.1) is 0 Å². The Morgan fingerprint density at radius 2 is 1.92 bits per heavy atom. The number of hydrogen-bond donors (Lipinski definition) is 4. The van der Waals surface area contributed by atoms with Crippen molar-refractivity contribution in [2.75, 3.05) is 63.4 Å². The molecule has 2 aromatic heterocycles. The van der Waals surface area contributed by atoms with E-state index in [4.69, 9.17) is 9.47 Å². The second-order valence-corrected chi connectivity index (χ2v) is 13.2. The fraction of sp³-hybridized carbons (Fsp3) is 0.500. The van der Waals surface area contributed by atoms with Crippen LogP contribution in [0.2, 0.25) is 0 Å². The maximum atomic E-state index is 13.4. The quantitative estimate of drug-likeness (QED) is 0.352. The van der Waals surface area contributed by atoms with Crippen LogP contribution in [0.3, 0.4) is 0 Å². The number of methoxy groups -OCH3 is 1. The summed E-state index contributed by atoms with van der Waals surface area (Å²) >= 11 is 0. The number of aromatic nitrogens is 3. The SMILES string of the molecule is CNc1nc(Nc2ccc([PH]3(O)CCN(C4CCOCC4)CC3)cc2OC)nc2[nH]cc(C(F)(F)F)c12. The summed E-state index contributed by atoms with van der Waals surface area (Å²) in [5, 5.41) is 6.56. The number of halogens is 3. The molecule has 0 spiro atoms. The first kappa shape index (κ1) is 26.0. The first-order valence-corrected chi connectivity index (χ1v) is 14.7. The Labute approximate surface area is 213 Å². The minimum absolute atomic E-state index is 0.0506. The monoisotopic (exact) mass is 540 g/mol. The predicted octanol–water partition coefficient (Wildman–Crippen LogP) is 3.55. The van der Waals surface area contributed by atoms with Crippen LogP contribution >= 0.6 is 7.49 Å². The van der Waals surface area contributed by atoms with Crippen molar-refractivity contribution in [1.82, 2.24) is 19.9 Å². The molecule has 0 unspecified atom stereocenters. The number of aromatic amines is 1. The van der Waals surface area contributed by atoms with E-state index in [-0.39, 0.29) is 22.8 Å². The van der Waals surface area contributed by atoms with E-state index in [1.807, 2.05) is 12.1 Å². The molecule has 9 nitrogen and oxygen atoms in total. The van der Waals surface area contributed by atoms with Gasteiger partial charge in [-0.15, -0.1) is 0 Å². The fourth-order valence-electron chi connectivity index (χ4n) is 5.30. The summed E-state index contributed by atoms with van der Waals surface area (Å²) in [6, 6.07) is 6.08. The number of nitrogens with zero attached hydrogens (tertiary/aromatic N) is 3. The molecule has 2 saturated heterocycles. The van der Waals surface area contributed by atoms with E-state index >= 15 is 0 Å². The number of hydrogen-bond acceptors (Lipinski definition) is 8. The molecule has 1 aromatic carbocycles. The number of alkyl halides is 3. The topological polar surface area (TPSA) is 108 Å². The van der Waals surface area contributed by atoms with Crippen molar-refractivity contribution >= 4 is 41.3 Å². The molecular formula is C24H32F3N6O3P. The van der Waals surface area contributed by atoms with Crippen molar-refractivity contribution in [3.05, 3.63) is 30.0 Å². The van der Waals surface area contributed by atoms with Gasteiger partial charge in [-0.25, -0.2) is 0 Å². The summed E-state index contributed by atoms with van der Waals surface area (Å²) in [5.74, 6) is 0.663. The van der Waals surface area contributed by atoms with Crippen LogP contribution in [0.15, 0.2) is 24.4 Å². The molecule has 0 aliphatic carbocycles. The summed E-state index contributed by atoms with van der Waals surface area (Å²) in [6.07, 6.45) is -0.0706. The standard InChI is InChI=1S/C24H32F3N6O3P/c1-28-21-20-17(24(25,26)27)14-29-22(20)32-23(31-21)30-18-4-3-16(13-19(18)35-2)37(34)11-7-33(8-12-37)15-5-9-36-10-6-15/h3-4,13-15,34,37H,5-12H2,1-2H3,(H3,28,29,30,31,32). The van der Waals surface area contributed by atoms with E-state index in [1.165, 1.54) is 14.2 Å². The van der Waals surface area contributed by atoms with Crippen molar-refractivity contribution in [2.24, 2.45) is 0 Å². The molecule has 2 fully saturated rings. The van der Waals surface area contributed by atoms with Crippen molar-refractivity contribution in [3.63, 3.8) is 0 Å². The zero-order chi connectivity index (χ0) is 26.2. The molecular weight excluding hydrogens is 508 g/mol. The number of ether oxygens (including phenoxy) is 2. The summed E-state index contributed by atoms with van der Waals surface area (Å²) in [4.78, 5) is 25.2. The molecule has 2 aliphatic rings. The van der Waals surface area contributed by atoms with Crippen LogP contribution in [0.4, 0.5) is 30.6 Å². The molecule has 0 radical (unpaired) electrons. The molecule has 0 atom stereocenters. The number of H-pyrrole nitrogens is 1. The molecule has 0 amide bonds. The molecule has 5 rings (SSSR count). The van der Waals surface area contributed by atoms with Crippen LogP contribution in [-0.2, 0) is 10.9 Å². The number of fused-ring (bicyclic) bond motifs is 1. The molecule has 2 aliphatic heterocycles. The van der Waals surface area contributed by atoms with Gasteiger partial charge in [0.2, 0.25) is 0 Å². The van der Waals surface area contributed by atoms with Gasteiger partial charge in [-0.05, 0) is 0 Å². The molecule has 0 saturated carbocycles. The Kier molecular flexibility index (Phi) is 7.19. The zero-order valence-corrected chi connectivity index (χ0v) is 21.8. The predicted molar refractivity (Wildman–Crippen MR) is 140 cm³/mol. The van der Waals surface area contributed by atoms with Crippen LogP contribution in [0, 0.1) is 0 Å². The number of nitrogens with one attached hydrogen (secondary N) is 3. The van der Waals surface area contributed by atoms with Gasteiger partial charge < -0.3 is 0 Å². The van der Waals surface area contributed by atoms with Crippen molar-refractivity contribution in [2.45, 2.75) is 25.1 Å². The van der Waals surface area contributed by atoms with E-state index < -0.39 is 19.2 Å². The van der Waals surface area contributed by atoms with Gasteiger partial charge >= 0.3 is 213 Å². The van der Waals surface area contributed by atoms with Crippen LogP contribution in [0.1, 0.15) is 18.4 Å². The second-order valence-electron chi connectivity index (χ2n) is 9.52. The maximum absolute atomic E-state index is 13.4. The summed E-state index contributed by atoms with van der Waals surface area (Å²) in [5.41, 5.74) is -0.225. The molecule has 13 heteroatoms. The molecule has 3 aromatic rings. The van der Waals surface area contributed by atoms with Crippen molar-refractivity contribution in [1.29, 1.82) is 0 Å². The number of rotatable bonds is 6. The number of benzene rings is 1. The average Bonchev–Trinajstić information content (AvgIpc) is 3.34. The van der Waals surface area contributed by atoms with Gasteiger partial charge in [-0.1, -0.05) is 0 Å². The fourth-order valence-corrected chi connectivity index (χ4v) is 8.23. The molecule has 0 bridgehead atoms. The minimum atomic E-state index is -4.54. The third kappa shape index (κ3) is 5.20. The second kappa shape index (κ2) is 10.2. The third-order valence-electron chi connectivity index (χ3n) is 7.39. The van der Waals surface area contributed by atoms with E-state index in [2.05, 4.69) is 30.5 Å². The summed E-state index contributed by atoms with van der Waals surface area (Å²) < 4.78 is 51.3. The Bertz CT molecular complexity index is 1260. The van der Waals surface area contributed by atoms with E-state index in [0.29, 0.717) is 17.5 Å². The first-order valence-electron chi connectivity index (χ1n) is 12.4. The van der Waals surface area contributed by atoms with Crippen molar-refractivity contribution in [3.8, 4) is 5.75 Å². The Morgan fingerprint density at radius 1 is 1.19 bits per heavy atom. The summed E-state index contributed by atoms with van der Waals surface area (Å²) in [7, 11) is 0.361. The molecule has 202 valence electrons. The molecule has 4 heterocycles. The van der Waals surface area contributed by atoms with Crippen LogP contribution in [0.5, 0.6) is 5.75 Å². The molecule has 4 N–H and O–H groups in total. The third-order valence-corrected chi connectivity index (χ3v) is 10.9. The molecule has 37 heavy (non-hydrogen) atoms. The number of anilines is 3.